The van der Waals surface area contributed by atoms with Gasteiger partial charge in [-0.3, -0.25) is 5.73 Å². The summed E-state index contributed by atoms with van der Waals surface area (Å²) < 4.78 is 10.3. The average molecular weight is 182 g/mol. The van der Waals surface area contributed by atoms with Crippen molar-refractivity contribution in [2.75, 3.05) is 0 Å². The average Bonchev–Trinajstić information content (AvgIpc) is 2.17. The van der Waals surface area contributed by atoms with Gasteiger partial charge in [0.15, 0.2) is 0 Å². The fourth-order valence-corrected chi connectivity index (χ4v) is 1.12. The van der Waals surface area contributed by atoms with Gasteiger partial charge in [0.2, 0.25) is 0 Å². The SMILES string of the molecule is NC(=S=O)C(N)c1ccccc1. The van der Waals surface area contributed by atoms with E-state index in [1.165, 1.54) is 0 Å². The van der Waals surface area contributed by atoms with Crippen molar-refractivity contribution in [2.24, 2.45) is 11.5 Å². The van der Waals surface area contributed by atoms with E-state index in [0.29, 0.717) is 0 Å². The molecule has 0 saturated heterocycles. The number of benzene rings is 1. The van der Waals surface area contributed by atoms with E-state index in [1.54, 1.807) is 0 Å². The standard InChI is InChI=1S/C8H10N2OS/c9-7(8(10)12-11)6-4-2-1-3-5-6/h1-5,7H,9-10H2. The van der Waals surface area contributed by atoms with Gasteiger partial charge in [0.1, 0.15) is 16.2 Å². The molecule has 64 valence electrons. The zero-order valence-electron chi connectivity index (χ0n) is 6.44. The highest BCUT2D eigenvalue weighted by atomic mass is 32.1. The Balaban J connectivity index is 2.93. The molecule has 0 fully saturated rings. The zero-order valence-corrected chi connectivity index (χ0v) is 7.25. The molecule has 1 aromatic carbocycles. The molecular formula is C8H10N2OS. The van der Waals surface area contributed by atoms with Crippen LogP contribution in [0.15, 0.2) is 30.3 Å². The smallest absolute Gasteiger partial charge is 0.106 e. The minimum Gasteiger partial charge on any atom is -0.319 e. The van der Waals surface area contributed by atoms with Crippen LogP contribution in [-0.4, -0.2) is 9.20 Å². The van der Waals surface area contributed by atoms with Crippen LogP contribution in [0.5, 0.6) is 0 Å². The summed E-state index contributed by atoms with van der Waals surface area (Å²) in [5.74, 6) is 0. The topological polar surface area (TPSA) is 69.1 Å². The Kier molecular flexibility index (Phi) is 3.16. The number of hydrogen-bond donors (Lipinski definition) is 2. The van der Waals surface area contributed by atoms with Gasteiger partial charge in [-0.05, 0) is 5.56 Å². The lowest BCUT2D eigenvalue weighted by Crippen LogP contribution is -2.28. The lowest BCUT2D eigenvalue weighted by atomic mass is 10.1. The van der Waals surface area contributed by atoms with Crippen molar-refractivity contribution < 1.29 is 4.21 Å². The molecule has 0 bridgehead atoms. The number of rotatable bonds is 2. The van der Waals surface area contributed by atoms with E-state index in [0.717, 1.165) is 5.56 Å². The molecule has 1 aromatic rings. The molecule has 0 radical (unpaired) electrons. The fourth-order valence-electron chi connectivity index (χ4n) is 0.876. The third kappa shape index (κ3) is 2.01. The monoisotopic (exact) mass is 182 g/mol. The molecule has 0 aliphatic carbocycles. The lowest BCUT2D eigenvalue weighted by molar-refractivity contribution is 0.700. The molecule has 0 heterocycles. The third-order valence-electron chi connectivity index (χ3n) is 1.56. The highest BCUT2D eigenvalue weighted by molar-refractivity contribution is 7.66. The summed E-state index contributed by atoms with van der Waals surface area (Å²) in [6.07, 6.45) is 0. The normalized spacial score (nSPS) is 12.2. The van der Waals surface area contributed by atoms with Gasteiger partial charge in [0.05, 0.1) is 6.04 Å². The van der Waals surface area contributed by atoms with Crippen LogP contribution in [0.25, 0.3) is 0 Å². The molecule has 3 nitrogen and oxygen atoms in total. The summed E-state index contributed by atoms with van der Waals surface area (Å²) in [4.78, 5) is 0.196. The number of hydrogen-bond acceptors (Lipinski definition) is 2. The van der Waals surface area contributed by atoms with Gasteiger partial charge < -0.3 is 5.73 Å². The van der Waals surface area contributed by atoms with Crippen molar-refractivity contribution in [2.45, 2.75) is 6.04 Å². The molecule has 0 amide bonds. The molecule has 0 aliphatic rings. The molecular weight excluding hydrogens is 172 g/mol. The molecule has 0 aromatic heterocycles. The summed E-state index contributed by atoms with van der Waals surface area (Å²) >= 11 is 0.247. The van der Waals surface area contributed by atoms with E-state index in [9.17, 15) is 4.21 Å². The van der Waals surface area contributed by atoms with Gasteiger partial charge >= 0.3 is 0 Å². The Morgan fingerprint density at radius 3 is 2.42 bits per heavy atom. The quantitative estimate of drug-likeness (QED) is 0.632. The van der Waals surface area contributed by atoms with Crippen molar-refractivity contribution >= 4 is 16.2 Å². The molecule has 1 atom stereocenters. The first-order chi connectivity index (χ1) is 5.75. The van der Waals surface area contributed by atoms with Crippen molar-refractivity contribution in [3.63, 3.8) is 0 Å². The van der Waals surface area contributed by atoms with E-state index >= 15 is 0 Å². The Hall–Kier alpha value is -0.970. The highest BCUT2D eigenvalue weighted by Gasteiger charge is 2.07. The highest BCUT2D eigenvalue weighted by Crippen LogP contribution is 2.07. The Bertz CT molecular complexity index is 306. The van der Waals surface area contributed by atoms with Gasteiger partial charge in [0, 0.05) is 0 Å². The van der Waals surface area contributed by atoms with Gasteiger partial charge in [-0.1, -0.05) is 30.3 Å². The zero-order chi connectivity index (χ0) is 8.97. The summed E-state index contributed by atoms with van der Waals surface area (Å²) in [5, 5.41) is 0. The van der Waals surface area contributed by atoms with Gasteiger partial charge in [-0.25, -0.2) is 4.21 Å². The molecule has 1 unspecified atom stereocenters. The molecule has 0 aliphatic heterocycles. The van der Waals surface area contributed by atoms with Crippen molar-refractivity contribution in [3.8, 4) is 0 Å². The van der Waals surface area contributed by atoms with Crippen molar-refractivity contribution in [3.05, 3.63) is 35.9 Å². The first-order valence-corrected chi connectivity index (χ1v) is 4.22. The van der Waals surface area contributed by atoms with Crippen molar-refractivity contribution in [1.29, 1.82) is 0 Å². The van der Waals surface area contributed by atoms with Crippen LogP contribution in [0.1, 0.15) is 11.6 Å². The molecule has 12 heavy (non-hydrogen) atoms. The second kappa shape index (κ2) is 4.15. The molecule has 4 N–H and O–H groups in total. The van der Waals surface area contributed by atoms with Crippen LogP contribution in [0, 0.1) is 0 Å². The summed E-state index contributed by atoms with van der Waals surface area (Å²) in [7, 11) is 0. The van der Waals surface area contributed by atoms with Crippen LogP contribution in [0.4, 0.5) is 0 Å². The van der Waals surface area contributed by atoms with Crippen LogP contribution in [-0.2, 0) is 11.3 Å². The van der Waals surface area contributed by atoms with E-state index in [-0.39, 0.29) is 16.2 Å². The predicted octanol–water partition coefficient (Wildman–Crippen LogP) is -0.0120. The minimum absolute atomic E-state index is 0.196. The van der Waals surface area contributed by atoms with Gasteiger partial charge in [0.25, 0.3) is 0 Å². The van der Waals surface area contributed by atoms with E-state index in [4.69, 9.17) is 11.5 Å². The predicted molar refractivity (Wildman–Crippen MR) is 50.7 cm³/mol. The Morgan fingerprint density at radius 1 is 1.33 bits per heavy atom. The number of nitrogens with two attached hydrogens (primary N) is 2. The van der Waals surface area contributed by atoms with Crippen LogP contribution < -0.4 is 11.5 Å². The molecule has 0 saturated carbocycles. The lowest BCUT2D eigenvalue weighted by Gasteiger charge is -2.07. The molecule has 0 spiro atoms. The minimum atomic E-state index is -0.464. The summed E-state index contributed by atoms with van der Waals surface area (Å²) in [5.41, 5.74) is 11.9. The maximum Gasteiger partial charge on any atom is 0.106 e. The van der Waals surface area contributed by atoms with Crippen molar-refractivity contribution in [1.82, 2.24) is 0 Å². The van der Waals surface area contributed by atoms with E-state index < -0.39 is 6.04 Å². The van der Waals surface area contributed by atoms with Crippen LogP contribution in [0.3, 0.4) is 0 Å². The molecule has 4 heteroatoms. The Morgan fingerprint density at radius 2 is 1.92 bits per heavy atom. The van der Waals surface area contributed by atoms with E-state index in [2.05, 4.69) is 0 Å². The maximum absolute atomic E-state index is 10.3. The summed E-state index contributed by atoms with van der Waals surface area (Å²) in [6, 6.07) is 8.82. The van der Waals surface area contributed by atoms with E-state index in [1.807, 2.05) is 30.3 Å². The largest absolute Gasteiger partial charge is 0.319 e. The Labute approximate surface area is 74.5 Å². The second-order valence-electron chi connectivity index (χ2n) is 2.37. The summed E-state index contributed by atoms with van der Waals surface area (Å²) in [6.45, 7) is 0. The maximum atomic E-state index is 10.3. The van der Waals surface area contributed by atoms with Crippen LogP contribution in [0.2, 0.25) is 0 Å². The van der Waals surface area contributed by atoms with Crippen LogP contribution >= 0.6 is 0 Å². The van der Waals surface area contributed by atoms with Gasteiger partial charge in [-0.2, -0.15) is 0 Å². The third-order valence-corrected chi connectivity index (χ3v) is 2.01. The second-order valence-corrected chi connectivity index (χ2v) is 3.01. The first-order valence-electron chi connectivity index (χ1n) is 3.48. The molecule has 1 rings (SSSR count). The fraction of sp³-hybridized carbons (Fsp3) is 0.125. The first kappa shape index (κ1) is 9.12. The van der Waals surface area contributed by atoms with Gasteiger partial charge in [-0.15, -0.1) is 0 Å².